The normalized spacial score (nSPS) is 25.5. The molecule has 2 aromatic carbocycles. The zero-order valence-corrected chi connectivity index (χ0v) is 14.5. The molecule has 4 heteroatoms. The van der Waals surface area contributed by atoms with Crippen molar-refractivity contribution in [1.29, 1.82) is 0 Å². The Bertz CT molecular complexity index is 913. The highest BCUT2D eigenvalue weighted by atomic mass is 16.4. The molecule has 3 aliphatic rings. The fourth-order valence-electron chi connectivity index (χ4n) is 5.64. The number of carboxylic acids is 1. The molecule has 2 aliphatic heterocycles. The largest absolute Gasteiger partial charge is 0.481 e. The number of aliphatic carboxylic acids is 1. The van der Waals surface area contributed by atoms with Gasteiger partial charge in [0.15, 0.2) is 0 Å². The van der Waals surface area contributed by atoms with E-state index in [-0.39, 0.29) is 17.4 Å². The van der Waals surface area contributed by atoms with Crippen molar-refractivity contribution in [1.82, 2.24) is 0 Å². The van der Waals surface area contributed by atoms with Gasteiger partial charge in [0, 0.05) is 16.7 Å². The van der Waals surface area contributed by atoms with Gasteiger partial charge in [-0.1, -0.05) is 55.7 Å². The van der Waals surface area contributed by atoms with E-state index in [0.717, 1.165) is 36.9 Å². The maximum atomic E-state index is 13.4. The molecule has 2 heterocycles. The van der Waals surface area contributed by atoms with Gasteiger partial charge in [-0.15, -0.1) is 0 Å². The molecule has 1 spiro atoms. The summed E-state index contributed by atoms with van der Waals surface area (Å²) in [5.74, 6) is -1.58. The van der Waals surface area contributed by atoms with Crippen LogP contribution in [0.25, 0.3) is 0 Å². The number of carboxylic acid groups (broad SMARTS) is 1. The lowest BCUT2D eigenvalue weighted by molar-refractivity contribution is -0.140. The first kappa shape index (κ1) is 15.6. The lowest BCUT2D eigenvalue weighted by Crippen LogP contribution is -2.56. The van der Waals surface area contributed by atoms with Gasteiger partial charge in [0.05, 0.1) is 6.04 Å². The lowest BCUT2D eigenvalue weighted by atomic mass is 9.62. The zero-order chi connectivity index (χ0) is 17.9. The van der Waals surface area contributed by atoms with Crippen LogP contribution in [0.1, 0.15) is 59.5 Å². The number of para-hydroxylation sites is 1. The predicted molar refractivity (Wildman–Crippen MR) is 98.6 cm³/mol. The SMILES string of the molecule is O=C(O)C1c2ccccc2C(=O)N2c3ccccc3C3(CCCCC3)C12. The second-order valence-corrected chi connectivity index (χ2v) is 7.76. The maximum absolute atomic E-state index is 13.4. The minimum atomic E-state index is -0.835. The second-order valence-electron chi connectivity index (χ2n) is 7.76. The summed E-state index contributed by atoms with van der Waals surface area (Å²) in [6.07, 6.45) is 5.25. The first-order valence-corrected chi connectivity index (χ1v) is 9.40. The number of nitrogens with zero attached hydrogens (tertiary/aromatic N) is 1. The number of fused-ring (bicyclic) bond motifs is 6. The predicted octanol–water partition coefficient (Wildman–Crippen LogP) is 4.10. The smallest absolute Gasteiger partial charge is 0.313 e. The van der Waals surface area contributed by atoms with Gasteiger partial charge >= 0.3 is 5.97 Å². The Morgan fingerprint density at radius 3 is 2.46 bits per heavy atom. The van der Waals surface area contributed by atoms with Crippen LogP contribution in [0, 0.1) is 0 Å². The van der Waals surface area contributed by atoms with Crippen molar-refractivity contribution in [2.75, 3.05) is 4.90 Å². The van der Waals surface area contributed by atoms with Crippen molar-refractivity contribution in [3.63, 3.8) is 0 Å². The number of anilines is 1. The monoisotopic (exact) mass is 347 g/mol. The van der Waals surface area contributed by atoms with Gasteiger partial charge in [-0.25, -0.2) is 0 Å². The van der Waals surface area contributed by atoms with Crippen LogP contribution in [-0.2, 0) is 10.2 Å². The third kappa shape index (κ3) is 1.84. The van der Waals surface area contributed by atoms with Crippen LogP contribution in [0.2, 0.25) is 0 Å². The molecule has 1 N–H and O–H groups in total. The molecule has 0 radical (unpaired) electrons. The molecule has 26 heavy (non-hydrogen) atoms. The van der Waals surface area contributed by atoms with Crippen LogP contribution in [0.15, 0.2) is 48.5 Å². The molecule has 1 fully saturated rings. The average molecular weight is 347 g/mol. The van der Waals surface area contributed by atoms with Gasteiger partial charge in [0.2, 0.25) is 0 Å². The molecule has 2 unspecified atom stereocenters. The fraction of sp³-hybridized carbons (Fsp3) is 0.364. The van der Waals surface area contributed by atoms with E-state index in [9.17, 15) is 14.7 Å². The van der Waals surface area contributed by atoms with Crippen LogP contribution >= 0.6 is 0 Å². The van der Waals surface area contributed by atoms with E-state index in [4.69, 9.17) is 0 Å². The topological polar surface area (TPSA) is 57.6 Å². The van der Waals surface area contributed by atoms with E-state index >= 15 is 0 Å². The van der Waals surface area contributed by atoms with Crippen LogP contribution in [-0.4, -0.2) is 23.0 Å². The second kappa shape index (κ2) is 5.44. The zero-order valence-electron chi connectivity index (χ0n) is 14.5. The van der Waals surface area contributed by atoms with Crippen molar-refractivity contribution in [2.24, 2.45) is 0 Å². The number of rotatable bonds is 1. The summed E-state index contributed by atoms with van der Waals surface area (Å²) >= 11 is 0. The third-order valence-electron chi connectivity index (χ3n) is 6.62. The van der Waals surface area contributed by atoms with Crippen molar-refractivity contribution in [3.05, 3.63) is 65.2 Å². The number of hydrogen-bond donors (Lipinski definition) is 1. The summed E-state index contributed by atoms with van der Waals surface area (Å²) in [6.45, 7) is 0. The summed E-state index contributed by atoms with van der Waals surface area (Å²) in [7, 11) is 0. The Labute approximate surface area is 152 Å². The first-order chi connectivity index (χ1) is 12.6. The van der Waals surface area contributed by atoms with Gasteiger partial charge in [-0.3, -0.25) is 9.59 Å². The molecular formula is C22H21NO3. The molecule has 2 aromatic rings. The van der Waals surface area contributed by atoms with E-state index in [2.05, 4.69) is 6.07 Å². The molecule has 4 nitrogen and oxygen atoms in total. The minimum Gasteiger partial charge on any atom is -0.481 e. The molecule has 2 atom stereocenters. The molecule has 1 saturated carbocycles. The van der Waals surface area contributed by atoms with Crippen molar-refractivity contribution in [2.45, 2.75) is 49.5 Å². The Morgan fingerprint density at radius 2 is 1.69 bits per heavy atom. The van der Waals surface area contributed by atoms with Crippen LogP contribution in [0.4, 0.5) is 5.69 Å². The maximum Gasteiger partial charge on any atom is 0.313 e. The van der Waals surface area contributed by atoms with E-state index in [1.54, 1.807) is 6.07 Å². The van der Waals surface area contributed by atoms with E-state index in [1.165, 1.54) is 6.42 Å². The van der Waals surface area contributed by atoms with E-state index < -0.39 is 11.9 Å². The number of hydrogen-bond acceptors (Lipinski definition) is 2. The Hall–Kier alpha value is -2.62. The molecule has 0 aromatic heterocycles. The highest BCUT2D eigenvalue weighted by molar-refractivity contribution is 6.12. The number of carbonyl (C=O) groups is 2. The van der Waals surface area contributed by atoms with Gasteiger partial charge < -0.3 is 10.0 Å². The molecule has 0 saturated heterocycles. The number of benzene rings is 2. The third-order valence-corrected chi connectivity index (χ3v) is 6.62. The van der Waals surface area contributed by atoms with E-state index in [0.29, 0.717) is 11.1 Å². The Kier molecular flexibility index (Phi) is 3.27. The first-order valence-electron chi connectivity index (χ1n) is 9.40. The Balaban J connectivity index is 1.81. The summed E-state index contributed by atoms with van der Waals surface area (Å²) in [5, 5.41) is 10.2. The van der Waals surface area contributed by atoms with E-state index in [1.807, 2.05) is 41.3 Å². The molecule has 0 bridgehead atoms. The van der Waals surface area contributed by atoms with Crippen LogP contribution in [0.5, 0.6) is 0 Å². The standard InChI is InChI=1S/C22H21NO3/c24-20-15-9-3-2-8-14(15)18(21(25)26)19-22(12-6-1-7-13-22)16-10-4-5-11-17(16)23(19)20/h2-5,8-11,18-19H,1,6-7,12-13H2,(H,25,26). The molecular weight excluding hydrogens is 326 g/mol. The highest BCUT2D eigenvalue weighted by Gasteiger charge is 2.60. The quantitative estimate of drug-likeness (QED) is 0.845. The number of carbonyl (C=O) groups excluding carboxylic acids is 1. The number of amides is 1. The summed E-state index contributed by atoms with van der Waals surface area (Å²) in [6, 6.07) is 15.0. The highest BCUT2D eigenvalue weighted by Crippen LogP contribution is 2.58. The van der Waals surface area contributed by atoms with Crippen molar-refractivity contribution in [3.8, 4) is 0 Å². The van der Waals surface area contributed by atoms with Crippen molar-refractivity contribution < 1.29 is 14.7 Å². The van der Waals surface area contributed by atoms with Crippen LogP contribution in [0.3, 0.4) is 0 Å². The van der Waals surface area contributed by atoms with Gasteiger partial charge in [0.25, 0.3) is 5.91 Å². The molecule has 132 valence electrons. The summed E-state index contributed by atoms with van der Waals surface area (Å²) < 4.78 is 0. The van der Waals surface area contributed by atoms with Gasteiger partial charge in [-0.05, 0) is 36.1 Å². The lowest BCUT2D eigenvalue weighted by Gasteiger charge is -2.46. The molecule has 1 amide bonds. The van der Waals surface area contributed by atoms with Crippen molar-refractivity contribution >= 4 is 17.6 Å². The van der Waals surface area contributed by atoms with Gasteiger partial charge in [-0.2, -0.15) is 0 Å². The van der Waals surface area contributed by atoms with Crippen LogP contribution < -0.4 is 4.90 Å². The average Bonchev–Trinajstić information content (AvgIpc) is 2.93. The Morgan fingerprint density at radius 1 is 1.00 bits per heavy atom. The van der Waals surface area contributed by atoms with Gasteiger partial charge in [0.1, 0.15) is 5.92 Å². The summed E-state index contributed by atoms with van der Waals surface area (Å²) in [4.78, 5) is 27.6. The minimum absolute atomic E-state index is 0.0574. The fourth-order valence-corrected chi connectivity index (χ4v) is 5.64. The molecule has 5 rings (SSSR count). The summed E-state index contributed by atoms with van der Waals surface area (Å²) in [5.41, 5.74) is 3.02. The molecule has 1 aliphatic carbocycles.